The number of furan rings is 1. The van der Waals surface area contributed by atoms with Gasteiger partial charge in [0.05, 0.1) is 11.3 Å². The number of ether oxygens (including phenoxy) is 1. The third kappa shape index (κ3) is 5.79. The molecule has 0 spiro atoms. The van der Waals surface area contributed by atoms with Gasteiger partial charge in [-0.1, -0.05) is 30.3 Å². The molecule has 0 saturated heterocycles. The Morgan fingerprint density at radius 1 is 1.07 bits per heavy atom. The van der Waals surface area contributed by atoms with Crippen LogP contribution in [0.3, 0.4) is 0 Å². The van der Waals surface area contributed by atoms with E-state index in [4.69, 9.17) is 9.15 Å². The highest BCUT2D eigenvalue weighted by Gasteiger charge is 2.20. The molecule has 0 aliphatic carbocycles. The van der Waals surface area contributed by atoms with Gasteiger partial charge < -0.3 is 19.8 Å². The van der Waals surface area contributed by atoms with E-state index in [-0.39, 0.29) is 16.5 Å². The van der Waals surface area contributed by atoms with Gasteiger partial charge >= 0.3 is 5.97 Å². The van der Waals surface area contributed by atoms with Crippen LogP contribution >= 0.6 is 11.3 Å². The van der Waals surface area contributed by atoms with Gasteiger partial charge in [0, 0.05) is 6.54 Å². The summed E-state index contributed by atoms with van der Waals surface area (Å²) in [5.41, 5.74) is 1.11. The highest BCUT2D eigenvalue weighted by Crippen LogP contribution is 2.23. The van der Waals surface area contributed by atoms with Gasteiger partial charge in [-0.05, 0) is 43.2 Å². The molecule has 8 heteroatoms. The number of thiophene rings is 1. The first kappa shape index (κ1) is 20.3. The molecule has 3 rings (SSSR count). The van der Waals surface area contributed by atoms with Gasteiger partial charge in [-0.3, -0.25) is 9.59 Å². The minimum absolute atomic E-state index is 0.170. The second-order valence-corrected chi connectivity index (χ2v) is 7.25. The number of amides is 2. The van der Waals surface area contributed by atoms with Crippen LogP contribution in [-0.4, -0.2) is 30.4 Å². The molecule has 0 aliphatic heterocycles. The lowest BCUT2D eigenvalue weighted by Gasteiger charge is -2.13. The fourth-order valence-electron chi connectivity index (χ4n) is 2.49. The van der Waals surface area contributed by atoms with Crippen molar-refractivity contribution in [2.45, 2.75) is 19.4 Å². The van der Waals surface area contributed by atoms with Gasteiger partial charge in [0.2, 0.25) is 0 Å². The molecule has 0 bridgehead atoms. The predicted octanol–water partition coefficient (Wildman–Crippen LogP) is 3.50. The van der Waals surface area contributed by atoms with Gasteiger partial charge in [-0.2, -0.15) is 0 Å². The molecule has 29 heavy (non-hydrogen) atoms. The zero-order chi connectivity index (χ0) is 20.6. The molecule has 3 aromatic rings. The molecule has 2 heterocycles. The lowest BCUT2D eigenvalue weighted by atomic mass is 10.1. The van der Waals surface area contributed by atoms with Crippen LogP contribution in [0.4, 0.5) is 5.00 Å². The summed E-state index contributed by atoms with van der Waals surface area (Å²) in [6.07, 6.45) is 1.16. The van der Waals surface area contributed by atoms with Gasteiger partial charge in [0.1, 0.15) is 4.88 Å². The molecular weight excluding hydrogens is 392 g/mol. The maximum absolute atomic E-state index is 12.3. The number of anilines is 1. The normalized spacial score (nSPS) is 11.5. The Morgan fingerprint density at radius 2 is 1.86 bits per heavy atom. The smallest absolute Gasteiger partial charge is 0.349 e. The van der Waals surface area contributed by atoms with Crippen molar-refractivity contribution in [3.8, 4) is 0 Å². The molecule has 0 fully saturated rings. The minimum Gasteiger partial charge on any atom is -0.459 e. The Hall–Kier alpha value is -3.39. The highest BCUT2D eigenvalue weighted by atomic mass is 32.1. The maximum atomic E-state index is 12.3. The van der Waals surface area contributed by atoms with Gasteiger partial charge in [-0.15, -0.1) is 11.3 Å². The molecule has 1 aromatic carbocycles. The molecule has 2 N–H and O–H groups in total. The average molecular weight is 412 g/mol. The summed E-state index contributed by atoms with van der Waals surface area (Å²) in [5, 5.41) is 5.86. The molecule has 1 atom stereocenters. The minimum atomic E-state index is -0.929. The third-order valence-electron chi connectivity index (χ3n) is 4.00. The highest BCUT2D eigenvalue weighted by molar-refractivity contribution is 7.18. The molecule has 2 aromatic heterocycles. The van der Waals surface area contributed by atoms with Crippen LogP contribution in [0.1, 0.15) is 32.7 Å². The van der Waals surface area contributed by atoms with Crippen LogP contribution < -0.4 is 10.6 Å². The molecule has 0 saturated carbocycles. The number of carbonyl (C=O) groups is 3. The molecule has 0 aliphatic rings. The first-order valence-corrected chi connectivity index (χ1v) is 9.82. The van der Waals surface area contributed by atoms with E-state index in [0.29, 0.717) is 18.0 Å². The van der Waals surface area contributed by atoms with Crippen molar-refractivity contribution >= 4 is 34.1 Å². The van der Waals surface area contributed by atoms with Crippen LogP contribution in [0, 0.1) is 0 Å². The first-order chi connectivity index (χ1) is 14.0. The Bertz CT molecular complexity index is 966. The lowest BCUT2D eigenvalue weighted by molar-refractivity contribution is -0.129. The van der Waals surface area contributed by atoms with Gasteiger partial charge in [0.25, 0.3) is 11.8 Å². The Balaban J connectivity index is 1.46. The van der Waals surface area contributed by atoms with E-state index in [9.17, 15) is 14.4 Å². The van der Waals surface area contributed by atoms with Crippen molar-refractivity contribution in [3.63, 3.8) is 0 Å². The Labute approximate surface area is 171 Å². The fraction of sp³-hybridized carbons (Fsp3) is 0.190. The SMILES string of the molecule is CC(OC(=O)c1ccc(NC(=O)c2ccco2)s1)C(=O)NCCc1ccccc1. The van der Waals surface area contributed by atoms with Crippen LogP contribution in [0.25, 0.3) is 0 Å². The first-order valence-electron chi connectivity index (χ1n) is 9.00. The quantitative estimate of drug-likeness (QED) is 0.552. The second kappa shape index (κ2) is 9.70. The number of nitrogens with one attached hydrogen (secondary N) is 2. The van der Waals surface area contributed by atoms with E-state index in [1.165, 1.54) is 25.3 Å². The second-order valence-electron chi connectivity index (χ2n) is 6.17. The van der Waals surface area contributed by atoms with E-state index in [1.54, 1.807) is 12.1 Å². The molecule has 7 nitrogen and oxygen atoms in total. The van der Waals surface area contributed by atoms with E-state index in [1.807, 2.05) is 30.3 Å². The summed E-state index contributed by atoms with van der Waals surface area (Å²) in [7, 11) is 0. The summed E-state index contributed by atoms with van der Waals surface area (Å²) in [6.45, 7) is 1.97. The van der Waals surface area contributed by atoms with Gasteiger partial charge in [0.15, 0.2) is 11.9 Å². The molecular formula is C21H20N2O5S. The fourth-order valence-corrected chi connectivity index (χ4v) is 3.27. The largest absolute Gasteiger partial charge is 0.459 e. The van der Waals surface area contributed by atoms with Crippen molar-refractivity contribution in [3.05, 3.63) is 77.1 Å². The van der Waals surface area contributed by atoms with Crippen molar-refractivity contribution in [1.29, 1.82) is 0 Å². The summed E-state index contributed by atoms with van der Waals surface area (Å²) >= 11 is 1.06. The Kier molecular flexibility index (Phi) is 6.80. The number of hydrogen-bond donors (Lipinski definition) is 2. The number of esters is 1. The van der Waals surface area contributed by atoms with E-state index in [0.717, 1.165) is 16.9 Å². The van der Waals surface area contributed by atoms with E-state index in [2.05, 4.69) is 10.6 Å². The lowest BCUT2D eigenvalue weighted by Crippen LogP contribution is -2.36. The predicted molar refractivity (Wildman–Crippen MR) is 109 cm³/mol. The molecule has 150 valence electrons. The van der Waals surface area contributed by atoms with Crippen LogP contribution in [0.2, 0.25) is 0 Å². The van der Waals surface area contributed by atoms with Crippen molar-refractivity contribution in [2.24, 2.45) is 0 Å². The van der Waals surface area contributed by atoms with Crippen molar-refractivity contribution < 1.29 is 23.5 Å². The summed E-state index contributed by atoms with van der Waals surface area (Å²) < 4.78 is 10.2. The van der Waals surface area contributed by atoms with Crippen molar-refractivity contribution in [2.75, 3.05) is 11.9 Å². The monoisotopic (exact) mass is 412 g/mol. The summed E-state index contributed by atoms with van der Waals surface area (Å²) in [5.74, 6) is -1.23. The van der Waals surface area contributed by atoms with Crippen LogP contribution in [-0.2, 0) is 16.0 Å². The molecule has 0 radical (unpaired) electrons. The number of carbonyl (C=O) groups excluding carboxylic acids is 3. The number of hydrogen-bond acceptors (Lipinski definition) is 6. The van der Waals surface area contributed by atoms with E-state index >= 15 is 0 Å². The standard InChI is InChI=1S/C21H20N2O5S/c1-14(19(24)22-12-11-15-6-3-2-4-7-15)28-21(26)17-9-10-18(29-17)23-20(25)16-8-5-13-27-16/h2-10,13-14H,11-12H2,1H3,(H,22,24)(H,23,25). The summed E-state index contributed by atoms with van der Waals surface area (Å²) in [4.78, 5) is 36.6. The third-order valence-corrected chi connectivity index (χ3v) is 4.98. The summed E-state index contributed by atoms with van der Waals surface area (Å²) in [6, 6.07) is 16.0. The van der Waals surface area contributed by atoms with Crippen molar-refractivity contribution in [1.82, 2.24) is 5.32 Å². The Morgan fingerprint density at radius 3 is 2.59 bits per heavy atom. The topological polar surface area (TPSA) is 97.6 Å². The zero-order valence-electron chi connectivity index (χ0n) is 15.7. The number of benzene rings is 1. The maximum Gasteiger partial charge on any atom is 0.349 e. The molecule has 2 amide bonds. The van der Waals surface area contributed by atoms with Crippen LogP contribution in [0.5, 0.6) is 0 Å². The zero-order valence-corrected chi connectivity index (χ0v) is 16.5. The average Bonchev–Trinajstić information content (AvgIpc) is 3.41. The number of rotatable bonds is 8. The van der Waals surface area contributed by atoms with Crippen LogP contribution in [0.15, 0.2) is 65.3 Å². The van der Waals surface area contributed by atoms with Gasteiger partial charge in [-0.25, -0.2) is 4.79 Å². The van der Waals surface area contributed by atoms with E-state index < -0.39 is 18.0 Å². The molecule has 1 unspecified atom stereocenters.